The van der Waals surface area contributed by atoms with Crippen LogP contribution in [0.1, 0.15) is 49.8 Å². The van der Waals surface area contributed by atoms with Crippen molar-refractivity contribution in [2.24, 2.45) is 0 Å². The highest BCUT2D eigenvalue weighted by atomic mass is 79.9. The minimum atomic E-state index is 0.0982. The summed E-state index contributed by atoms with van der Waals surface area (Å²) in [6.45, 7) is 7.40. The Morgan fingerprint density at radius 3 is 2.71 bits per heavy atom. The smallest absolute Gasteiger partial charge is 0.161 e. The summed E-state index contributed by atoms with van der Waals surface area (Å²) in [5.41, 5.74) is 1.09. The Bertz CT molecular complexity index is 579. The molecule has 0 aliphatic carbocycles. The summed E-state index contributed by atoms with van der Waals surface area (Å²) in [6, 6.07) is 4.63. The molecule has 0 aromatic carbocycles. The Kier molecular flexibility index (Phi) is 5.84. The molecule has 1 atom stereocenters. The van der Waals surface area contributed by atoms with Crippen LogP contribution in [0.3, 0.4) is 0 Å². The Morgan fingerprint density at radius 1 is 1.43 bits per heavy atom. The molecular formula is C15H22BrN3OS. The maximum Gasteiger partial charge on any atom is 0.161 e. The molecule has 0 bridgehead atoms. The van der Waals surface area contributed by atoms with Crippen LogP contribution in [-0.4, -0.2) is 23.4 Å². The van der Waals surface area contributed by atoms with Gasteiger partial charge in [-0.1, -0.05) is 6.92 Å². The number of hydrogen-bond donors (Lipinski definition) is 1. The van der Waals surface area contributed by atoms with E-state index in [2.05, 4.69) is 59.2 Å². The fourth-order valence-electron chi connectivity index (χ4n) is 2.30. The molecule has 2 aromatic rings. The minimum Gasteiger partial charge on any atom is -0.493 e. The topological polar surface area (TPSA) is 39.1 Å². The van der Waals surface area contributed by atoms with Gasteiger partial charge in [0.05, 0.1) is 23.1 Å². The Balaban J connectivity index is 2.47. The lowest BCUT2D eigenvalue weighted by Gasteiger charge is -2.21. The average molecular weight is 372 g/mol. The molecule has 1 N–H and O–H groups in total. The first-order valence-electron chi connectivity index (χ1n) is 7.18. The zero-order valence-corrected chi connectivity index (χ0v) is 15.3. The second-order valence-corrected chi connectivity index (χ2v) is 7.66. The normalized spacial score (nSPS) is 12.9. The predicted octanol–water partition coefficient (Wildman–Crippen LogP) is 4.39. The van der Waals surface area contributed by atoms with E-state index in [0.29, 0.717) is 6.04 Å². The van der Waals surface area contributed by atoms with Gasteiger partial charge in [0.1, 0.15) is 5.69 Å². The maximum absolute atomic E-state index is 5.53. The second-order valence-electron chi connectivity index (χ2n) is 5.17. The molecule has 4 nitrogen and oxygen atoms in total. The number of halogens is 1. The monoisotopic (exact) mass is 371 g/mol. The third-order valence-electron chi connectivity index (χ3n) is 3.26. The van der Waals surface area contributed by atoms with Gasteiger partial charge in [0, 0.05) is 10.9 Å². The van der Waals surface area contributed by atoms with Crippen molar-refractivity contribution in [3.8, 4) is 5.75 Å². The van der Waals surface area contributed by atoms with E-state index in [1.54, 1.807) is 24.6 Å². The van der Waals surface area contributed by atoms with E-state index >= 15 is 0 Å². The van der Waals surface area contributed by atoms with Crippen LogP contribution in [-0.2, 0) is 0 Å². The average Bonchev–Trinajstić information content (AvgIpc) is 3.06. The number of hydrogen-bond acceptors (Lipinski definition) is 4. The van der Waals surface area contributed by atoms with E-state index in [9.17, 15) is 0 Å². The van der Waals surface area contributed by atoms with Crippen molar-refractivity contribution in [3.63, 3.8) is 0 Å². The Morgan fingerprint density at radius 2 is 2.19 bits per heavy atom. The zero-order valence-electron chi connectivity index (χ0n) is 12.9. The number of nitrogens with zero attached hydrogens (tertiary/aromatic N) is 2. The number of thiophene rings is 1. The molecule has 2 aromatic heterocycles. The quantitative estimate of drug-likeness (QED) is 0.784. The Hall–Kier alpha value is -0.850. The number of ether oxygens (including phenoxy) is 1. The minimum absolute atomic E-state index is 0.0982. The van der Waals surface area contributed by atoms with E-state index in [-0.39, 0.29) is 6.04 Å². The van der Waals surface area contributed by atoms with Crippen LogP contribution >= 0.6 is 27.3 Å². The molecule has 116 valence electrons. The van der Waals surface area contributed by atoms with Gasteiger partial charge in [-0.2, -0.15) is 5.10 Å². The first kappa shape index (κ1) is 16.5. The van der Waals surface area contributed by atoms with E-state index in [1.165, 1.54) is 4.88 Å². The lowest BCUT2D eigenvalue weighted by Crippen LogP contribution is -2.26. The van der Waals surface area contributed by atoms with Gasteiger partial charge in [-0.15, -0.1) is 11.3 Å². The molecule has 0 fully saturated rings. The van der Waals surface area contributed by atoms with E-state index in [1.807, 2.05) is 4.68 Å². The third-order valence-corrected chi connectivity index (χ3v) is 4.95. The fourth-order valence-corrected chi connectivity index (χ4v) is 3.81. The number of aromatic nitrogens is 2. The largest absolute Gasteiger partial charge is 0.493 e. The predicted molar refractivity (Wildman–Crippen MR) is 91.3 cm³/mol. The second kappa shape index (κ2) is 7.42. The molecule has 6 heteroatoms. The van der Waals surface area contributed by atoms with Crippen LogP contribution in [0.25, 0.3) is 0 Å². The van der Waals surface area contributed by atoms with Crippen LogP contribution < -0.4 is 10.1 Å². The van der Waals surface area contributed by atoms with Crippen molar-refractivity contribution >= 4 is 27.3 Å². The van der Waals surface area contributed by atoms with Gasteiger partial charge in [0.25, 0.3) is 0 Å². The summed E-state index contributed by atoms with van der Waals surface area (Å²) in [5, 5.41) is 8.11. The molecule has 0 saturated heterocycles. The molecule has 2 heterocycles. The fraction of sp³-hybridized carbons (Fsp3) is 0.533. The van der Waals surface area contributed by atoms with E-state index < -0.39 is 0 Å². The summed E-state index contributed by atoms with van der Waals surface area (Å²) >= 11 is 5.29. The van der Waals surface area contributed by atoms with Crippen molar-refractivity contribution in [1.82, 2.24) is 15.1 Å². The van der Waals surface area contributed by atoms with Gasteiger partial charge in [-0.3, -0.25) is 4.68 Å². The van der Waals surface area contributed by atoms with Gasteiger partial charge in [-0.05, 0) is 54.9 Å². The zero-order chi connectivity index (χ0) is 15.4. The summed E-state index contributed by atoms with van der Waals surface area (Å²) in [5.74, 6) is 0.835. The Labute approximate surface area is 138 Å². The highest BCUT2D eigenvalue weighted by Crippen LogP contribution is 2.36. The van der Waals surface area contributed by atoms with E-state index in [4.69, 9.17) is 4.74 Å². The van der Waals surface area contributed by atoms with Crippen LogP contribution in [0, 0.1) is 0 Å². The molecule has 0 saturated carbocycles. The molecule has 2 rings (SSSR count). The van der Waals surface area contributed by atoms with Gasteiger partial charge >= 0.3 is 0 Å². The van der Waals surface area contributed by atoms with Gasteiger partial charge in [0.15, 0.2) is 5.75 Å². The molecule has 0 spiro atoms. The van der Waals surface area contributed by atoms with Gasteiger partial charge in [0.2, 0.25) is 0 Å². The molecule has 0 amide bonds. The molecular weight excluding hydrogens is 350 g/mol. The first-order valence-corrected chi connectivity index (χ1v) is 8.79. The lowest BCUT2D eigenvalue weighted by molar-refractivity contribution is 0.394. The number of methoxy groups -OCH3 is 1. The van der Waals surface area contributed by atoms with Crippen molar-refractivity contribution in [3.05, 3.63) is 32.7 Å². The van der Waals surface area contributed by atoms with Crippen LogP contribution in [0.5, 0.6) is 5.75 Å². The van der Waals surface area contributed by atoms with Crippen molar-refractivity contribution in [1.29, 1.82) is 0 Å². The maximum atomic E-state index is 5.53. The summed E-state index contributed by atoms with van der Waals surface area (Å²) in [7, 11) is 1.70. The van der Waals surface area contributed by atoms with Crippen LogP contribution in [0.15, 0.2) is 22.1 Å². The lowest BCUT2D eigenvalue weighted by atomic mass is 10.1. The third kappa shape index (κ3) is 3.67. The van der Waals surface area contributed by atoms with Crippen molar-refractivity contribution in [2.75, 3.05) is 13.7 Å². The van der Waals surface area contributed by atoms with Crippen LogP contribution in [0.4, 0.5) is 0 Å². The highest BCUT2D eigenvalue weighted by Gasteiger charge is 2.25. The SMILES string of the molecule is CCCNC(c1ccc(Br)s1)c1c(OC)cnn1C(C)C. The van der Waals surface area contributed by atoms with Crippen molar-refractivity contribution in [2.45, 2.75) is 39.3 Å². The summed E-state index contributed by atoms with van der Waals surface area (Å²) in [6.07, 6.45) is 2.89. The molecule has 0 radical (unpaired) electrons. The van der Waals surface area contributed by atoms with Gasteiger partial charge < -0.3 is 10.1 Å². The van der Waals surface area contributed by atoms with Crippen molar-refractivity contribution < 1.29 is 4.74 Å². The van der Waals surface area contributed by atoms with Gasteiger partial charge in [-0.25, -0.2) is 0 Å². The number of rotatable bonds is 7. The molecule has 1 unspecified atom stereocenters. The van der Waals surface area contributed by atoms with E-state index in [0.717, 1.165) is 28.2 Å². The summed E-state index contributed by atoms with van der Waals surface area (Å²) < 4.78 is 8.71. The standard InChI is InChI=1S/C15H22BrN3OS/c1-5-8-17-14(12-6-7-13(16)21-12)15-11(20-4)9-18-19(15)10(2)3/h6-7,9-10,14,17H,5,8H2,1-4H3. The summed E-state index contributed by atoms with van der Waals surface area (Å²) in [4.78, 5) is 1.26. The molecule has 0 aliphatic rings. The molecule has 0 aliphatic heterocycles. The highest BCUT2D eigenvalue weighted by molar-refractivity contribution is 9.11. The molecule has 21 heavy (non-hydrogen) atoms. The number of nitrogens with one attached hydrogen (secondary N) is 1. The van der Waals surface area contributed by atoms with Crippen LogP contribution in [0.2, 0.25) is 0 Å². The first-order chi connectivity index (χ1) is 10.1.